The van der Waals surface area contributed by atoms with Crippen LogP contribution in [0.15, 0.2) is 12.1 Å². The van der Waals surface area contributed by atoms with Gasteiger partial charge in [-0.05, 0) is 6.07 Å². The number of fused-ring (bicyclic) bond motifs is 1. The van der Waals surface area contributed by atoms with Gasteiger partial charge in [0.1, 0.15) is 5.69 Å². The second-order valence-electron chi connectivity index (χ2n) is 2.98. The van der Waals surface area contributed by atoms with Crippen LogP contribution >= 0.6 is 11.3 Å². The number of hydrogen-bond donors (Lipinski definition) is 1. The number of nitrogens with zero attached hydrogens (tertiary/aromatic N) is 2. The van der Waals surface area contributed by atoms with Gasteiger partial charge in [0.05, 0.1) is 21.2 Å². The van der Waals surface area contributed by atoms with E-state index in [9.17, 15) is 14.9 Å². The van der Waals surface area contributed by atoms with Crippen LogP contribution in [0.4, 0.5) is 5.00 Å². The monoisotopic (exact) mass is 226 g/mol. The van der Waals surface area contributed by atoms with Gasteiger partial charge in [-0.2, -0.15) is 0 Å². The molecule has 0 spiro atoms. The Morgan fingerprint density at radius 1 is 1.60 bits per heavy atom. The molecule has 0 amide bonds. The summed E-state index contributed by atoms with van der Waals surface area (Å²) in [5, 5.41) is 19.3. The van der Waals surface area contributed by atoms with E-state index in [4.69, 9.17) is 5.11 Å². The molecule has 0 aliphatic carbocycles. The molecule has 2 heterocycles. The lowest BCUT2D eigenvalue weighted by Crippen LogP contribution is -2.03. The molecule has 1 N–H and O–H groups in total. The Labute approximate surface area is 87.5 Å². The third kappa shape index (κ3) is 1.37. The molecular weight excluding hydrogens is 220 g/mol. The van der Waals surface area contributed by atoms with Crippen molar-refractivity contribution in [2.45, 2.75) is 0 Å². The highest BCUT2D eigenvalue weighted by Crippen LogP contribution is 2.33. The standard InChI is InChI=1S/C8H6N2O4S/c1-9-4-3-7(10(13)14)15-6(4)2-5(9)8(11)12/h2-3H,1H3,(H,11,12). The second-order valence-corrected chi connectivity index (χ2v) is 4.05. The quantitative estimate of drug-likeness (QED) is 0.625. The number of nitro groups is 1. The Bertz CT molecular complexity index is 568. The minimum Gasteiger partial charge on any atom is -0.477 e. The molecule has 0 fully saturated rings. The first-order valence-electron chi connectivity index (χ1n) is 3.97. The number of aryl methyl sites for hydroxylation is 1. The molecule has 0 saturated heterocycles. The molecular formula is C8H6N2O4S. The molecule has 0 radical (unpaired) electrons. The molecule has 15 heavy (non-hydrogen) atoms. The number of aromatic carboxylic acids is 1. The van der Waals surface area contributed by atoms with Crippen molar-refractivity contribution in [2.75, 3.05) is 0 Å². The zero-order valence-corrected chi connectivity index (χ0v) is 8.45. The van der Waals surface area contributed by atoms with E-state index in [0.29, 0.717) is 10.2 Å². The predicted molar refractivity (Wildman–Crippen MR) is 54.4 cm³/mol. The van der Waals surface area contributed by atoms with E-state index in [2.05, 4.69) is 0 Å². The second kappa shape index (κ2) is 3.06. The van der Waals surface area contributed by atoms with Gasteiger partial charge in [0.15, 0.2) is 0 Å². The first kappa shape index (κ1) is 9.66. The fourth-order valence-corrected chi connectivity index (χ4v) is 2.34. The summed E-state index contributed by atoms with van der Waals surface area (Å²) in [7, 11) is 1.57. The Morgan fingerprint density at radius 2 is 2.27 bits per heavy atom. The zero-order chi connectivity index (χ0) is 11.2. The average Bonchev–Trinajstić information content (AvgIpc) is 2.65. The number of carbonyl (C=O) groups is 1. The lowest BCUT2D eigenvalue weighted by molar-refractivity contribution is -0.380. The number of rotatable bonds is 2. The SMILES string of the molecule is Cn1c(C(=O)O)cc2sc([N+](=O)[O-])cc21. The minimum absolute atomic E-state index is 0.0209. The highest BCUT2D eigenvalue weighted by Gasteiger charge is 2.18. The van der Waals surface area contributed by atoms with Crippen molar-refractivity contribution in [1.29, 1.82) is 0 Å². The van der Waals surface area contributed by atoms with E-state index in [-0.39, 0.29) is 10.7 Å². The van der Waals surface area contributed by atoms with Crippen LogP contribution in [0.2, 0.25) is 0 Å². The fourth-order valence-electron chi connectivity index (χ4n) is 1.39. The van der Waals surface area contributed by atoms with Crippen molar-refractivity contribution in [3.8, 4) is 0 Å². The summed E-state index contributed by atoms with van der Waals surface area (Å²) < 4.78 is 2.04. The van der Waals surface area contributed by atoms with Gasteiger partial charge in [0, 0.05) is 7.05 Å². The van der Waals surface area contributed by atoms with Crippen LogP contribution in [0.1, 0.15) is 10.5 Å². The highest BCUT2D eigenvalue weighted by atomic mass is 32.1. The molecule has 0 aliphatic heterocycles. The first-order valence-corrected chi connectivity index (χ1v) is 4.79. The number of thiophene rings is 1. The maximum absolute atomic E-state index is 10.8. The average molecular weight is 226 g/mol. The molecule has 7 heteroatoms. The maximum Gasteiger partial charge on any atom is 0.352 e. The summed E-state index contributed by atoms with van der Waals surface area (Å²) >= 11 is 0.975. The summed E-state index contributed by atoms with van der Waals surface area (Å²) in [4.78, 5) is 20.8. The zero-order valence-electron chi connectivity index (χ0n) is 7.63. The lowest BCUT2D eigenvalue weighted by Gasteiger charge is -1.95. The molecule has 0 bridgehead atoms. The van der Waals surface area contributed by atoms with Crippen molar-refractivity contribution < 1.29 is 14.8 Å². The summed E-state index contributed by atoms with van der Waals surface area (Å²) in [5.41, 5.74) is 0.704. The molecule has 0 unspecified atom stereocenters. The predicted octanol–water partition coefficient (Wildman–Crippen LogP) is 1.85. The van der Waals surface area contributed by atoms with Gasteiger partial charge in [0.2, 0.25) is 0 Å². The van der Waals surface area contributed by atoms with Crippen LogP contribution in [-0.2, 0) is 7.05 Å². The van der Waals surface area contributed by atoms with Crippen LogP contribution in [-0.4, -0.2) is 20.6 Å². The van der Waals surface area contributed by atoms with Gasteiger partial charge in [0.25, 0.3) is 0 Å². The van der Waals surface area contributed by atoms with Crippen molar-refractivity contribution in [2.24, 2.45) is 7.05 Å². The van der Waals surface area contributed by atoms with E-state index >= 15 is 0 Å². The molecule has 6 nitrogen and oxygen atoms in total. The van der Waals surface area contributed by atoms with Gasteiger partial charge in [-0.25, -0.2) is 4.79 Å². The molecule has 0 atom stereocenters. The molecule has 78 valence electrons. The van der Waals surface area contributed by atoms with Gasteiger partial charge < -0.3 is 9.67 Å². The van der Waals surface area contributed by atoms with Crippen LogP contribution in [0.3, 0.4) is 0 Å². The molecule has 2 aromatic rings. The number of aromatic nitrogens is 1. The Hall–Kier alpha value is -1.89. The topological polar surface area (TPSA) is 85.4 Å². The largest absolute Gasteiger partial charge is 0.477 e. The van der Waals surface area contributed by atoms with Crippen LogP contribution < -0.4 is 0 Å². The van der Waals surface area contributed by atoms with Gasteiger partial charge >= 0.3 is 11.0 Å². The fraction of sp³-hybridized carbons (Fsp3) is 0.125. The van der Waals surface area contributed by atoms with E-state index < -0.39 is 10.9 Å². The molecule has 0 saturated carbocycles. The molecule has 0 aliphatic rings. The summed E-state index contributed by atoms with van der Waals surface area (Å²) in [6.07, 6.45) is 0. The van der Waals surface area contributed by atoms with Gasteiger partial charge in [-0.15, -0.1) is 0 Å². The Balaban J connectivity index is 2.67. The van der Waals surface area contributed by atoms with Crippen molar-refractivity contribution in [3.63, 3.8) is 0 Å². The van der Waals surface area contributed by atoms with E-state index in [1.165, 1.54) is 16.7 Å². The summed E-state index contributed by atoms with van der Waals surface area (Å²) in [5.74, 6) is -1.04. The molecule has 0 aromatic carbocycles. The van der Waals surface area contributed by atoms with Gasteiger partial charge in [-0.3, -0.25) is 10.1 Å². The van der Waals surface area contributed by atoms with Crippen LogP contribution in [0, 0.1) is 10.1 Å². The maximum atomic E-state index is 10.8. The van der Waals surface area contributed by atoms with E-state index in [1.54, 1.807) is 7.05 Å². The summed E-state index contributed by atoms with van der Waals surface area (Å²) in [6.45, 7) is 0. The smallest absolute Gasteiger partial charge is 0.352 e. The normalized spacial score (nSPS) is 10.7. The third-order valence-corrected chi connectivity index (χ3v) is 3.14. The number of hydrogen-bond acceptors (Lipinski definition) is 4. The van der Waals surface area contributed by atoms with E-state index in [0.717, 1.165) is 11.3 Å². The van der Waals surface area contributed by atoms with Crippen LogP contribution in [0.25, 0.3) is 10.2 Å². The minimum atomic E-state index is -1.04. The molecule has 2 rings (SSSR count). The van der Waals surface area contributed by atoms with Crippen molar-refractivity contribution >= 4 is 32.5 Å². The number of carboxylic acids is 1. The van der Waals surface area contributed by atoms with Crippen LogP contribution in [0.5, 0.6) is 0 Å². The molecule has 2 aromatic heterocycles. The number of carboxylic acid groups (broad SMARTS) is 1. The lowest BCUT2D eigenvalue weighted by atomic mass is 10.4. The summed E-state index contributed by atoms with van der Waals surface area (Å²) in [6, 6.07) is 2.82. The Kier molecular flexibility index (Phi) is 1.97. The highest BCUT2D eigenvalue weighted by molar-refractivity contribution is 7.22. The first-order chi connectivity index (χ1) is 7.00. The van der Waals surface area contributed by atoms with Crippen molar-refractivity contribution in [1.82, 2.24) is 4.57 Å². The van der Waals surface area contributed by atoms with Crippen molar-refractivity contribution in [3.05, 3.63) is 27.9 Å². The van der Waals surface area contributed by atoms with E-state index in [1.807, 2.05) is 0 Å². The third-order valence-electron chi connectivity index (χ3n) is 2.12. The van der Waals surface area contributed by atoms with Gasteiger partial charge in [-0.1, -0.05) is 11.3 Å². The Morgan fingerprint density at radius 3 is 2.73 bits per heavy atom.